The summed E-state index contributed by atoms with van der Waals surface area (Å²) in [5.74, 6) is 1.54. The number of nitrogens with zero attached hydrogens (tertiary/aromatic N) is 1. The van der Waals surface area contributed by atoms with E-state index in [1.165, 1.54) is 12.0 Å². The highest BCUT2D eigenvalue weighted by Crippen LogP contribution is 2.27. The minimum atomic E-state index is -0.0883. The normalized spacial score (nSPS) is 28.9. The highest BCUT2D eigenvalue weighted by atomic mass is 16.5. The first kappa shape index (κ1) is 15.5. The molecule has 3 atom stereocenters. The molecule has 2 rings (SSSR count). The molecule has 1 aliphatic heterocycles. The van der Waals surface area contributed by atoms with Crippen molar-refractivity contribution in [3.8, 4) is 0 Å². The molecule has 0 aromatic heterocycles. The second kappa shape index (κ2) is 7.23. The van der Waals surface area contributed by atoms with Crippen molar-refractivity contribution < 1.29 is 9.53 Å². The van der Waals surface area contributed by atoms with Gasteiger partial charge in [0.2, 0.25) is 5.91 Å². The highest BCUT2D eigenvalue weighted by Gasteiger charge is 2.24. The number of hydrogen-bond acceptors (Lipinski definition) is 3. The Hall–Kier alpha value is -0.870. The average Bonchev–Trinajstić information content (AvgIpc) is 2.44. The Morgan fingerprint density at radius 1 is 1.50 bits per heavy atom. The van der Waals surface area contributed by atoms with Crippen LogP contribution in [-0.2, 0) is 9.53 Å². The van der Waals surface area contributed by atoms with E-state index < -0.39 is 0 Å². The van der Waals surface area contributed by atoms with Crippen molar-refractivity contribution in [2.45, 2.75) is 39.7 Å². The first-order valence-electron chi connectivity index (χ1n) is 7.83. The second-order valence-corrected chi connectivity index (χ2v) is 6.36. The molecular formula is C16H28N2O2. The molecule has 1 saturated heterocycles. The fraction of sp³-hybridized carbons (Fsp3) is 0.812. The number of carbonyl (C=O) groups excluding carboxylic acids is 1. The minimum absolute atomic E-state index is 0.0883. The van der Waals surface area contributed by atoms with E-state index in [9.17, 15) is 4.79 Å². The van der Waals surface area contributed by atoms with Crippen molar-refractivity contribution in [3.05, 3.63) is 11.6 Å². The maximum atomic E-state index is 12.3. The molecule has 0 bridgehead atoms. The summed E-state index contributed by atoms with van der Waals surface area (Å²) in [4.78, 5) is 14.2. The molecule has 0 radical (unpaired) electrons. The lowest BCUT2D eigenvalue weighted by molar-refractivity contribution is -0.137. The fourth-order valence-corrected chi connectivity index (χ4v) is 3.33. The van der Waals surface area contributed by atoms with Crippen molar-refractivity contribution >= 4 is 5.91 Å². The maximum absolute atomic E-state index is 12.3. The Balaban J connectivity index is 1.75. The number of hydrogen-bond donors (Lipinski definition) is 1. The zero-order valence-corrected chi connectivity index (χ0v) is 13.0. The van der Waals surface area contributed by atoms with Crippen LogP contribution in [0.5, 0.6) is 0 Å². The lowest BCUT2D eigenvalue weighted by Gasteiger charge is -2.31. The van der Waals surface area contributed by atoms with E-state index >= 15 is 0 Å². The van der Waals surface area contributed by atoms with Crippen LogP contribution in [-0.4, -0.2) is 49.7 Å². The van der Waals surface area contributed by atoms with Crippen LogP contribution in [0.1, 0.15) is 33.6 Å². The third-order valence-electron chi connectivity index (χ3n) is 4.29. The third kappa shape index (κ3) is 4.32. The monoisotopic (exact) mass is 280 g/mol. The van der Waals surface area contributed by atoms with Crippen LogP contribution in [0.25, 0.3) is 0 Å². The van der Waals surface area contributed by atoms with Crippen LogP contribution in [0, 0.1) is 11.8 Å². The predicted octanol–water partition coefficient (Wildman–Crippen LogP) is 1.82. The van der Waals surface area contributed by atoms with Gasteiger partial charge in [-0.3, -0.25) is 4.79 Å². The Morgan fingerprint density at radius 2 is 2.20 bits per heavy atom. The molecule has 1 fully saturated rings. The molecule has 4 nitrogen and oxygen atoms in total. The van der Waals surface area contributed by atoms with Gasteiger partial charge in [0.1, 0.15) is 0 Å². The molecule has 0 aromatic carbocycles. The largest absolute Gasteiger partial charge is 0.378 e. The summed E-state index contributed by atoms with van der Waals surface area (Å²) in [6.45, 7) is 10.2. The fourth-order valence-electron chi connectivity index (χ4n) is 3.33. The average molecular weight is 280 g/mol. The van der Waals surface area contributed by atoms with Gasteiger partial charge in [-0.2, -0.15) is 0 Å². The van der Waals surface area contributed by atoms with Crippen LogP contribution in [0.15, 0.2) is 11.6 Å². The highest BCUT2D eigenvalue weighted by molar-refractivity contribution is 5.81. The smallest absolute Gasteiger partial charge is 0.239 e. The van der Waals surface area contributed by atoms with Crippen LogP contribution < -0.4 is 5.32 Å². The van der Waals surface area contributed by atoms with Crippen molar-refractivity contribution in [2.75, 3.05) is 32.8 Å². The molecule has 4 heteroatoms. The quantitative estimate of drug-likeness (QED) is 0.799. The molecular weight excluding hydrogens is 252 g/mol. The topological polar surface area (TPSA) is 41.6 Å². The Morgan fingerprint density at radius 3 is 2.85 bits per heavy atom. The van der Waals surface area contributed by atoms with E-state index in [0.29, 0.717) is 25.0 Å². The summed E-state index contributed by atoms with van der Waals surface area (Å²) in [6.07, 6.45) is 4.76. The number of ether oxygens (including phenoxy) is 1. The summed E-state index contributed by atoms with van der Waals surface area (Å²) >= 11 is 0. The van der Waals surface area contributed by atoms with Crippen LogP contribution in [0.3, 0.4) is 0 Å². The van der Waals surface area contributed by atoms with Crippen molar-refractivity contribution in [1.29, 1.82) is 0 Å². The van der Waals surface area contributed by atoms with Gasteiger partial charge in [0, 0.05) is 13.1 Å². The van der Waals surface area contributed by atoms with Crippen molar-refractivity contribution in [1.82, 2.24) is 10.2 Å². The number of nitrogens with one attached hydrogen (secondary N) is 1. The number of morpholine rings is 1. The van der Waals surface area contributed by atoms with Gasteiger partial charge in [0.25, 0.3) is 0 Å². The third-order valence-corrected chi connectivity index (χ3v) is 4.29. The molecule has 2 aliphatic rings. The van der Waals surface area contributed by atoms with E-state index in [1.807, 2.05) is 11.8 Å². The molecule has 3 unspecified atom stereocenters. The van der Waals surface area contributed by atoms with Gasteiger partial charge in [-0.15, -0.1) is 0 Å². The standard InChI is InChI=1S/C16H28N2O2/c1-12-8-13(2)10-15(9-12)11-17-14(3)16(19)18-4-6-20-7-5-18/h8,12,14-15,17H,4-7,9-11H2,1-3H3. The SMILES string of the molecule is CC1=CC(C)CC(CNC(C)C(=O)N2CCOCC2)C1. The van der Waals surface area contributed by atoms with Gasteiger partial charge in [0.15, 0.2) is 0 Å². The summed E-state index contributed by atoms with van der Waals surface area (Å²) in [5, 5.41) is 3.43. The first-order valence-corrected chi connectivity index (χ1v) is 7.83. The lowest BCUT2D eigenvalue weighted by Crippen LogP contribution is -2.50. The molecule has 0 saturated carbocycles. The minimum Gasteiger partial charge on any atom is -0.378 e. The van der Waals surface area contributed by atoms with Gasteiger partial charge >= 0.3 is 0 Å². The van der Waals surface area contributed by atoms with Crippen LogP contribution in [0.2, 0.25) is 0 Å². The molecule has 1 amide bonds. The van der Waals surface area contributed by atoms with E-state index in [1.54, 1.807) is 0 Å². The van der Waals surface area contributed by atoms with Crippen LogP contribution in [0.4, 0.5) is 0 Å². The van der Waals surface area contributed by atoms with E-state index in [2.05, 4.69) is 25.2 Å². The Kier molecular flexibility index (Phi) is 5.61. The summed E-state index contributed by atoms with van der Waals surface area (Å²) < 4.78 is 5.29. The van der Waals surface area contributed by atoms with E-state index in [0.717, 1.165) is 26.1 Å². The number of amides is 1. The first-order chi connectivity index (χ1) is 9.56. The molecule has 114 valence electrons. The van der Waals surface area contributed by atoms with Crippen molar-refractivity contribution in [3.63, 3.8) is 0 Å². The van der Waals surface area contributed by atoms with Gasteiger partial charge in [0.05, 0.1) is 19.3 Å². The van der Waals surface area contributed by atoms with Gasteiger partial charge in [-0.25, -0.2) is 0 Å². The molecule has 1 aliphatic carbocycles. The lowest BCUT2D eigenvalue weighted by atomic mass is 9.83. The van der Waals surface area contributed by atoms with E-state index in [-0.39, 0.29) is 11.9 Å². The Labute approximate surface area is 122 Å². The number of carbonyl (C=O) groups is 1. The molecule has 1 N–H and O–H groups in total. The maximum Gasteiger partial charge on any atom is 0.239 e. The zero-order valence-electron chi connectivity index (χ0n) is 13.0. The molecule has 20 heavy (non-hydrogen) atoms. The van der Waals surface area contributed by atoms with Gasteiger partial charge in [-0.05, 0) is 45.1 Å². The van der Waals surface area contributed by atoms with Gasteiger partial charge in [-0.1, -0.05) is 18.6 Å². The van der Waals surface area contributed by atoms with Gasteiger partial charge < -0.3 is 15.0 Å². The zero-order chi connectivity index (χ0) is 14.5. The van der Waals surface area contributed by atoms with Crippen LogP contribution >= 0.6 is 0 Å². The summed E-state index contributed by atoms with van der Waals surface area (Å²) in [6, 6.07) is -0.0883. The summed E-state index contributed by atoms with van der Waals surface area (Å²) in [7, 11) is 0. The number of rotatable bonds is 4. The molecule has 0 spiro atoms. The summed E-state index contributed by atoms with van der Waals surface area (Å²) in [5.41, 5.74) is 1.49. The number of allylic oxidation sites excluding steroid dienone is 2. The van der Waals surface area contributed by atoms with E-state index in [4.69, 9.17) is 4.74 Å². The predicted molar refractivity (Wildman–Crippen MR) is 80.5 cm³/mol. The second-order valence-electron chi connectivity index (χ2n) is 6.36. The molecule has 0 aromatic rings. The Bertz CT molecular complexity index is 361. The van der Waals surface area contributed by atoms with Crippen molar-refractivity contribution in [2.24, 2.45) is 11.8 Å². The molecule has 1 heterocycles.